The molecule has 1 aromatic heterocycles. The van der Waals surface area contributed by atoms with E-state index in [1.54, 1.807) is 13.0 Å². The molecule has 0 radical (unpaired) electrons. The molecular formula is C8H11N3O2. The van der Waals surface area contributed by atoms with E-state index in [2.05, 4.69) is 9.97 Å². The molecule has 0 saturated carbocycles. The molecule has 1 unspecified atom stereocenters. The van der Waals surface area contributed by atoms with Crippen LogP contribution in [0.1, 0.15) is 25.0 Å². The van der Waals surface area contributed by atoms with Gasteiger partial charge in [-0.05, 0) is 0 Å². The Balaban J connectivity index is 2.76. The Morgan fingerprint density at radius 1 is 1.69 bits per heavy atom. The molecule has 0 saturated heterocycles. The number of hydrogen-bond acceptors (Lipinski definition) is 4. The number of nitrogen functional groups attached to an aromatic ring is 1. The van der Waals surface area contributed by atoms with Crippen LogP contribution in [0.25, 0.3) is 0 Å². The van der Waals surface area contributed by atoms with Crippen molar-refractivity contribution in [3.8, 4) is 0 Å². The summed E-state index contributed by atoms with van der Waals surface area (Å²) >= 11 is 0. The van der Waals surface area contributed by atoms with Gasteiger partial charge in [-0.2, -0.15) is 0 Å². The van der Waals surface area contributed by atoms with Crippen molar-refractivity contribution in [2.75, 3.05) is 5.73 Å². The molecule has 0 aliphatic heterocycles. The summed E-state index contributed by atoms with van der Waals surface area (Å²) in [5, 5.41) is 8.54. The van der Waals surface area contributed by atoms with Crippen LogP contribution in [0.15, 0.2) is 12.4 Å². The van der Waals surface area contributed by atoms with E-state index >= 15 is 0 Å². The lowest BCUT2D eigenvalue weighted by atomic mass is 10.0. The zero-order valence-electron chi connectivity index (χ0n) is 7.27. The van der Waals surface area contributed by atoms with Gasteiger partial charge in [0.2, 0.25) is 0 Å². The van der Waals surface area contributed by atoms with Gasteiger partial charge in [0, 0.05) is 17.7 Å². The molecule has 0 aromatic carbocycles. The van der Waals surface area contributed by atoms with Crippen LogP contribution in [0.2, 0.25) is 0 Å². The second-order valence-corrected chi connectivity index (χ2v) is 2.87. The predicted octanol–water partition coefficient (Wildman–Crippen LogP) is 0.637. The highest BCUT2D eigenvalue weighted by Crippen LogP contribution is 2.16. The molecule has 0 aliphatic carbocycles. The van der Waals surface area contributed by atoms with Crippen LogP contribution in [0.4, 0.5) is 5.82 Å². The lowest BCUT2D eigenvalue weighted by molar-refractivity contribution is -0.137. The average molecular weight is 181 g/mol. The van der Waals surface area contributed by atoms with E-state index in [0.29, 0.717) is 11.5 Å². The maximum Gasteiger partial charge on any atom is 0.304 e. The Morgan fingerprint density at radius 3 is 2.92 bits per heavy atom. The van der Waals surface area contributed by atoms with Crippen LogP contribution in [0.5, 0.6) is 0 Å². The summed E-state index contributed by atoms with van der Waals surface area (Å²) in [4.78, 5) is 18.1. The largest absolute Gasteiger partial charge is 0.481 e. The topological polar surface area (TPSA) is 89.1 Å². The number of carbonyl (C=O) groups is 1. The van der Waals surface area contributed by atoms with Gasteiger partial charge in [0.1, 0.15) is 12.1 Å². The van der Waals surface area contributed by atoms with E-state index in [9.17, 15) is 4.79 Å². The molecule has 1 rings (SSSR count). The average Bonchev–Trinajstić information content (AvgIpc) is 2.03. The number of carboxylic acids is 1. The molecule has 1 aromatic rings. The monoisotopic (exact) mass is 181 g/mol. The quantitative estimate of drug-likeness (QED) is 0.714. The van der Waals surface area contributed by atoms with Gasteiger partial charge in [-0.25, -0.2) is 9.97 Å². The Hall–Kier alpha value is -1.65. The van der Waals surface area contributed by atoms with Crippen molar-refractivity contribution in [2.45, 2.75) is 19.3 Å². The molecule has 0 spiro atoms. The van der Waals surface area contributed by atoms with Crippen molar-refractivity contribution in [1.82, 2.24) is 9.97 Å². The fourth-order valence-electron chi connectivity index (χ4n) is 1.02. The predicted molar refractivity (Wildman–Crippen MR) is 47.1 cm³/mol. The first-order valence-electron chi connectivity index (χ1n) is 3.89. The van der Waals surface area contributed by atoms with Crippen molar-refractivity contribution in [3.63, 3.8) is 0 Å². The van der Waals surface area contributed by atoms with Crippen LogP contribution in [-0.2, 0) is 4.79 Å². The van der Waals surface area contributed by atoms with E-state index in [1.807, 2.05) is 0 Å². The summed E-state index contributed by atoms with van der Waals surface area (Å²) in [6.07, 6.45) is 1.39. The fourth-order valence-corrected chi connectivity index (χ4v) is 1.02. The smallest absolute Gasteiger partial charge is 0.304 e. The highest BCUT2D eigenvalue weighted by molar-refractivity contribution is 5.67. The fraction of sp³-hybridized carbons (Fsp3) is 0.375. The molecule has 13 heavy (non-hydrogen) atoms. The molecule has 5 nitrogen and oxygen atoms in total. The SMILES string of the molecule is CC(CC(=O)O)c1cc(N)ncn1. The normalized spacial score (nSPS) is 12.4. The summed E-state index contributed by atoms with van der Waals surface area (Å²) in [5.74, 6) is -0.616. The minimum atomic E-state index is -0.843. The van der Waals surface area contributed by atoms with Crippen molar-refractivity contribution in [2.24, 2.45) is 0 Å². The number of anilines is 1. The lowest BCUT2D eigenvalue weighted by Crippen LogP contribution is -2.05. The molecule has 1 atom stereocenters. The van der Waals surface area contributed by atoms with E-state index in [4.69, 9.17) is 10.8 Å². The van der Waals surface area contributed by atoms with E-state index in [1.165, 1.54) is 6.33 Å². The minimum Gasteiger partial charge on any atom is -0.481 e. The maximum atomic E-state index is 10.4. The lowest BCUT2D eigenvalue weighted by Gasteiger charge is -2.07. The van der Waals surface area contributed by atoms with Gasteiger partial charge in [0.05, 0.1) is 6.42 Å². The number of rotatable bonds is 3. The number of nitrogens with zero attached hydrogens (tertiary/aromatic N) is 2. The van der Waals surface area contributed by atoms with Gasteiger partial charge in [-0.3, -0.25) is 4.79 Å². The van der Waals surface area contributed by atoms with Gasteiger partial charge >= 0.3 is 5.97 Å². The van der Waals surface area contributed by atoms with Gasteiger partial charge in [0.25, 0.3) is 0 Å². The van der Waals surface area contributed by atoms with Crippen molar-refractivity contribution in [1.29, 1.82) is 0 Å². The van der Waals surface area contributed by atoms with E-state index < -0.39 is 5.97 Å². The zero-order valence-corrected chi connectivity index (χ0v) is 7.27. The number of carboxylic acid groups (broad SMARTS) is 1. The van der Waals surface area contributed by atoms with Crippen LogP contribution in [0, 0.1) is 0 Å². The molecule has 3 N–H and O–H groups in total. The van der Waals surface area contributed by atoms with Crippen molar-refractivity contribution >= 4 is 11.8 Å². The highest BCUT2D eigenvalue weighted by Gasteiger charge is 2.11. The number of aliphatic carboxylic acids is 1. The van der Waals surface area contributed by atoms with E-state index in [0.717, 1.165) is 0 Å². The maximum absolute atomic E-state index is 10.4. The number of aromatic nitrogens is 2. The van der Waals surface area contributed by atoms with Crippen LogP contribution in [0.3, 0.4) is 0 Å². The molecule has 5 heteroatoms. The van der Waals surface area contributed by atoms with Gasteiger partial charge in [0.15, 0.2) is 0 Å². The van der Waals surface area contributed by atoms with E-state index in [-0.39, 0.29) is 12.3 Å². The first-order chi connectivity index (χ1) is 6.09. The summed E-state index contributed by atoms with van der Waals surface area (Å²) in [7, 11) is 0. The zero-order chi connectivity index (χ0) is 9.84. The number of hydrogen-bond donors (Lipinski definition) is 2. The summed E-state index contributed by atoms with van der Waals surface area (Å²) in [5.41, 5.74) is 6.09. The van der Waals surface area contributed by atoms with Gasteiger partial charge in [-0.1, -0.05) is 6.92 Å². The first kappa shape index (κ1) is 9.44. The summed E-state index contributed by atoms with van der Waals surface area (Å²) in [6, 6.07) is 1.59. The van der Waals surface area contributed by atoms with Crippen LogP contribution in [-0.4, -0.2) is 21.0 Å². The third-order valence-electron chi connectivity index (χ3n) is 1.70. The third kappa shape index (κ3) is 2.70. The molecule has 0 bridgehead atoms. The summed E-state index contributed by atoms with van der Waals surface area (Å²) in [6.45, 7) is 1.79. The minimum absolute atomic E-state index is 0.0520. The Morgan fingerprint density at radius 2 is 2.38 bits per heavy atom. The Kier molecular flexibility index (Phi) is 2.79. The highest BCUT2D eigenvalue weighted by atomic mass is 16.4. The second kappa shape index (κ2) is 3.84. The Bertz CT molecular complexity index is 314. The van der Waals surface area contributed by atoms with Gasteiger partial charge < -0.3 is 10.8 Å². The third-order valence-corrected chi connectivity index (χ3v) is 1.70. The standard InChI is InChI=1S/C8H11N3O2/c1-5(2-8(12)13)6-3-7(9)11-4-10-6/h3-5H,2H2,1H3,(H,12,13)(H2,9,10,11). The van der Waals surface area contributed by atoms with Crippen LogP contribution >= 0.6 is 0 Å². The second-order valence-electron chi connectivity index (χ2n) is 2.87. The van der Waals surface area contributed by atoms with Gasteiger partial charge in [-0.15, -0.1) is 0 Å². The van der Waals surface area contributed by atoms with Crippen LogP contribution < -0.4 is 5.73 Å². The first-order valence-corrected chi connectivity index (χ1v) is 3.89. The van der Waals surface area contributed by atoms with Crippen molar-refractivity contribution in [3.05, 3.63) is 18.1 Å². The van der Waals surface area contributed by atoms with Crippen molar-refractivity contribution < 1.29 is 9.90 Å². The molecule has 1 heterocycles. The summed E-state index contributed by atoms with van der Waals surface area (Å²) < 4.78 is 0. The molecule has 0 aliphatic rings. The molecule has 0 amide bonds. The Labute approximate surface area is 75.6 Å². The molecule has 0 fully saturated rings. The number of nitrogens with two attached hydrogens (primary N) is 1. The molecular weight excluding hydrogens is 170 g/mol. The molecule has 70 valence electrons.